The van der Waals surface area contributed by atoms with Gasteiger partial charge in [-0.2, -0.15) is 0 Å². The Labute approximate surface area is 184 Å². The minimum atomic E-state index is -1.02. The predicted octanol–water partition coefficient (Wildman–Crippen LogP) is 2.58. The van der Waals surface area contributed by atoms with Crippen LogP contribution in [0.3, 0.4) is 0 Å². The number of amides is 3. The van der Waals surface area contributed by atoms with Crippen molar-refractivity contribution in [2.24, 2.45) is 0 Å². The summed E-state index contributed by atoms with van der Waals surface area (Å²) in [5.74, 6) is 0.576. The lowest BCUT2D eigenvalue weighted by atomic mass is 9.49. The number of nitrogens with zero attached hydrogens (tertiary/aromatic N) is 2. The number of nitrogens with one attached hydrogen (secondary N) is 1. The molecule has 31 heavy (non-hydrogen) atoms. The normalized spacial score (nSPS) is 35.9. The number of urea groups is 1. The molecule has 170 valence electrons. The van der Waals surface area contributed by atoms with Crippen LogP contribution in [-0.2, 0) is 10.2 Å². The van der Waals surface area contributed by atoms with Crippen LogP contribution < -0.4 is 10.1 Å². The van der Waals surface area contributed by atoms with Crippen LogP contribution in [0.15, 0.2) is 18.2 Å². The Morgan fingerprint density at radius 2 is 1.94 bits per heavy atom. The van der Waals surface area contributed by atoms with Gasteiger partial charge < -0.3 is 15.2 Å². The van der Waals surface area contributed by atoms with Gasteiger partial charge in [0.1, 0.15) is 11.3 Å². The van der Waals surface area contributed by atoms with E-state index in [9.17, 15) is 14.7 Å². The zero-order valence-corrected chi connectivity index (χ0v) is 19.3. The molecule has 0 bridgehead atoms. The highest BCUT2D eigenvalue weighted by molar-refractivity contribution is 6.07. The van der Waals surface area contributed by atoms with Crippen molar-refractivity contribution in [3.63, 3.8) is 0 Å². The maximum absolute atomic E-state index is 13.4. The van der Waals surface area contributed by atoms with Gasteiger partial charge >= 0.3 is 6.03 Å². The number of hydrogen-bond donors (Lipinski definition) is 2. The number of carbonyl (C=O) groups is 2. The molecule has 7 nitrogen and oxygen atoms in total. The van der Waals surface area contributed by atoms with E-state index in [0.29, 0.717) is 32.2 Å². The molecular formula is C24H35N3O4. The lowest BCUT2D eigenvalue weighted by Crippen LogP contribution is -2.73. The van der Waals surface area contributed by atoms with Crippen LogP contribution in [0.5, 0.6) is 5.75 Å². The zero-order valence-electron chi connectivity index (χ0n) is 19.3. The van der Waals surface area contributed by atoms with Gasteiger partial charge in [-0.1, -0.05) is 13.0 Å². The molecule has 2 N–H and O–H groups in total. The first-order valence-electron chi connectivity index (χ1n) is 11.4. The molecule has 3 amide bonds. The predicted molar refractivity (Wildman–Crippen MR) is 118 cm³/mol. The van der Waals surface area contributed by atoms with Crippen molar-refractivity contribution in [2.45, 2.75) is 76.0 Å². The number of benzene rings is 1. The molecular weight excluding hydrogens is 394 g/mol. The van der Waals surface area contributed by atoms with Crippen LogP contribution in [0, 0.1) is 6.92 Å². The van der Waals surface area contributed by atoms with Gasteiger partial charge in [-0.05, 0) is 82.8 Å². The van der Waals surface area contributed by atoms with E-state index in [0.717, 1.165) is 30.0 Å². The summed E-state index contributed by atoms with van der Waals surface area (Å²) in [5, 5.41) is 15.4. The van der Waals surface area contributed by atoms with Crippen molar-refractivity contribution in [3.05, 3.63) is 29.3 Å². The zero-order chi connectivity index (χ0) is 22.6. The molecule has 1 spiro atoms. The summed E-state index contributed by atoms with van der Waals surface area (Å²) in [4.78, 5) is 29.6. The minimum absolute atomic E-state index is 0.0660. The summed E-state index contributed by atoms with van der Waals surface area (Å²) in [6.45, 7) is 10.1. The van der Waals surface area contributed by atoms with Crippen molar-refractivity contribution in [3.8, 4) is 5.75 Å². The third-order valence-electron chi connectivity index (χ3n) is 8.36. The quantitative estimate of drug-likeness (QED) is 0.719. The Morgan fingerprint density at radius 1 is 1.19 bits per heavy atom. The topological polar surface area (TPSA) is 82.1 Å². The van der Waals surface area contributed by atoms with Gasteiger partial charge in [-0.15, -0.1) is 0 Å². The number of ether oxygens (including phenoxy) is 1. The lowest BCUT2D eigenvalue weighted by Gasteiger charge is -2.62. The highest BCUT2D eigenvalue weighted by Gasteiger charge is 2.67. The van der Waals surface area contributed by atoms with E-state index in [1.165, 1.54) is 4.90 Å². The molecule has 3 aliphatic rings. The van der Waals surface area contributed by atoms with E-state index in [4.69, 9.17) is 4.74 Å². The van der Waals surface area contributed by atoms with Crippen molar-refractivity contribution in [1.82, 2.24) is 15.1 Å². The molecule has 0 unspecified atom stereocenters. The van der Waals surface area contributed by atoms with Crippen LogP contribution in [0.1, 0.15) is 57.6 Å². The summed E-state index contributed by atoms with van der Waals surface area (Å²) < 4.78 is 5.53. The van der Waals surface area contributed by atoms with Gasteiger partial charge in [-0.25, -0.2) is 4.79 Å². The maximum Gasteiger partial charge on any atom is 0.325 e. The number of rotatable bonds is 4. The molecule has 2 saturated heterocycles. The van der Waals surface area contributed by atoms with Gasteiger partial charge in [-0.3, -0.25) is 14.6 Å². The van der Waals surface area contributed by atoms with Crippen molar-refractivity contribution >= 4 is 11.9 Å². The highest BCUT2D eigenvalue weighted by Crippen LogP contribution is 2.58. The van der Waals surface area contributed by atoms with Crippen LogP contribution in [-0.4, -0.2) is 70.8 Å². The van der Waals surface area contributed by atoms with Crippen molar-refractivity contribution in [1.29, 1.82) is 0 Å². The Hall–Kier alpha value is -2.12. The standard InChI is InChI=1S/C24H35N3O4/c1-6-26-13-12-22(19-14-18(31-5)9-8-16(19)3)15-23(10-11-24(22,30)17(26)4)20(28)27(7-2)21(29)25-23/h8-9,14,17,30H,6-7,10-13,15H2,1-5H3,(H,25,29)/t17-,22-,23+,24-/m1/s1. The summed E-state index contributed by atoms with van der Waals surface area (Å²) in [6, 6.07) is 5.58. The number of likely N-dealkylation sites (N-methyl/N-ethyl adjacent to an activating group) is 2. The largest absolute Gasteiger partial charge is 0.497 e. The Bertz CT molecular complexity index is 905. The first-order valence-corrected chi connectivity index (χ1v) is 11.4. The number of aryl methyl sites for hydroxylation is 1. The van der Waals surface area contributed by atoms with Crippen LogP contribution in [0.25, 0.3) is 0 Å². The van der Waals surface area contributed by atoms with E-state index in [2.05, 4.69) is 31.0 Å². The van der Waals surface area contributed by atoms with Gasteiger partial charge in [0.15, 0.2) is 0 Å². The molecule has 4 rings (SSSR count). The summed E-state index contributed by atoms with van der Waals surface area (Å²) >= 11 is 0. The minimum Gasteiger partial charge on any atom is -0.497 e. The Balaban J connectivity index is 1.90. The van der Waals surface area contributed by atoms with E-state index < -0.39 is 16.6 Å². The second-order valence-electron chi connectivity index (χ2n) is 9.48. The molecule has 0 radical (unpaired) electrons. The second kappa shape index (κ2) is 7.48. The monoisotopic (exact) mass is 429 g/mol. The van der Waals surface area contributed by atoms with Gasteiger partial charge in [0.25, 0.3) is 5.91 Å². The number of likely N-dealkylation sites (tertiary alicyclic amines) is 1. The van der Waals surface area contributed by atoms with Crippen molar-refractivity contribution in [2.75, 3.05) is 26.7 Å². The van der Waals surface area contributed by atoms with E-state index >= 15 is 0 Å². The second-order valence-corrected chi connectivity index (χ2v) is 9.48. The van der Waals surface area contributed by atoms with Gasteiger partial charge in [0.05, 0.1) is 12.7 Å². The third-order valence-corrected chi connectivity index (χ3v) is 8.36. The number of carbonyl (C=O) groups excluding carboxylic acids is 2. The molecule has 3 fully saturated rings. The fourth-order valence-corrected chi connectivity index (χ4v) is 6.53. The summed E-state index contributed by atoms with van der Waals surface area (Å²) in [6.07, 6.45) is 2.00. The maximum atomic E-state index is 13.4. The van der Waals surface area contributed by atoms with E-state index in [1.54, 1.807) is 7.11 Å². The fraction of sp³-hybridized carbons (Fsp3) is 0.667. The van der Waals surface area contributed by atoms with Gasteiger partial charge in [0.2, 0.25) is 0 Å². The van der Waals surface area contributed by atoms with Gasteiger partial charge in [0, 0.05) is 18.0 Å². The molecule has 1 saturated carbocycles. The third kappa shape index (κ3) is 2.93. The summed E-state index contributed by atoms with van der Waals surface area (Å²) in [7, 11) is 1.64. The Morgan fingerprint density at radius 3 is 2.55 bits per heavy atom. The highest BCUT2D eigenvalue weighted by atomic mass is 16.5. The number of hydrogen-bond acceptors (Lipinski definition) is 5. The molecule has 1 aliphatic carbocycles. The van der Waals surface area contributed by atoms with Crippen LogP contribution in [0.4, 0.5) is 4.79 Å². The number of methoxy groups -OCH3 is 1. The van der Waals surface area contributed by atoms with Crippen molar-refractivity contribution < 1.29 is 19.4 Å². The van der Waals surface area contributed by atoms with E-state index in [1.807, 2.05) is 25.1 Å². The number of aliphatic hydroxyl groups is 1. The van der Waals surface area contributed by atoms with Crippen LogP contribution in [0.2, 0.25) is 0 Å². The molecule has 4 atom stereocenters. The SMILES string of the molecule is CCN1C(=O)N[C@]2(CC[C@@]3(O)[C@@H](C)N(CC)CC[C@]3(c3cc(OC)ccc3C)C2)C1=O. The van der Waals surface area contributed by atoms with E-state index in [-0.39, 0.29) is 18.0 Å². The molecule has 1 aromatic carbocycles. The number of fused-ring (bicyclic) bond motifs is 1. The molecule has 1 aromatic rings. The fourth-order valence-electron chi connectivity index (χ4n) is 6.53. The molecule has 2 aliphatic heterocycles. The first-order chi connectivity index (χ1) is 14.7. The average molecular weight is 430 g/mol. The summed E-state index contributed by atoms with van der Waals surface area (Å²) in [5.41, 5.74) is -0.565. The smallest absolute Gasteiger partial charge is 0.325 e. The average Bonchev–Trinajstić information content (AvgIpc) is 2.99. The lowest BCUT2D eigenvalue weighted by molar-refractivity contribution is -0.171. The molecule has 7 heteroatoms. The Kier molecular flexibility index (Phi) is 5.33. The van der Waals surface area contributed by atoms with Crippen LogP contribution >= 0.6 is 0 Å². The number of imide groups is 1. The number of piperidine rings is 1. The molecule has 0 aromatic heterocycles. The molecule has 2 heterocycles. The first kappa shape index (κ1) is 22.1.